The summed E-state index contributed by atoms with van der Waals surface area (Å²) in [6.07, 6.45) is 9.46. The Bertz CT molecular complexity index is 1110. The van der Waals surface area contributed by atoms with Crippen molar-refractivity contribution < 1.29 is 4.74 Å². The van der Waals surface area contributed by atoms with E-state index in [1.165, 1.54) is 36.8 Å². The molecule has 1 aliphatic heterocycles. The number of anilines is 2. The van der Waals surface area contributed by atoms with Crippen molar-refractivity contribution in [1.29, 1.82) is 0 Å². The summed E-state index contributed by atoms with van der Waals surface area (Å²) in [5.41, 5.74) is 4.60. The topological polar surface area (TPSA) is 49.4 Å². The van der Waals surface area contributed by atoms with Gasteiger partial charge in [0.25, 0.3) is 0 Å². The number of benzene rings is 1. The minimum Gasteiger partial charge on any atom is -0.383 e. The molecule has 2 fully saturated rings. The predicted octanol–water partition coefficient (Wildman–Crippen LogP) is 7.26. The second kappa shape index (κ2) is 13.7. The van der Waals surface area contributed by atoms with Crippen molar-refractivity contribution in [2.75, 3.05) is 43.5 Å². The van der Waals surface area contributed by atoms with Crippen LogP contribution in [0.3, 0.4) is 0 Å². The Morgan fingerprint density at radius 2 is 1.82 bits per heavy atom. The van der Waals surface area contributed by atoms with Gasteiger partial charge in [-0.05, 0) is 88.2 Å². The van der Waals surface area contributed by atoms with Crippen molar-refractivity contribution in [3.05, 3.63) is 41.0 Å². The fourth-order valence-corrected chi connectivity index (χ4v) is 6.49. The third kappa shape index (κ3) is 6.84. The van der Waals surface area contributed by atoms with E-state index in [0.29, 0.717) is 17.1 Å². The Labute approximate surface area is 235 Å². The Kier molecular flexibility index (Phi) is 10.4. The molecular formula is C32H45ClN4O. The summed E-state index contributed by atoms with van der Waals surface area (Å²) >= 11 is 6.75. The summed E-state index contributed by atoms with van der Waals surface area (Å²) in [4.78, 5) is 7.25. The van der Waals surface area contributed by atoms with Gasteiger partial charge < -0.3 is 20.3 Å². The molecule has 2 N–H and O–H groups in total. The Morgan fingerprint density at radius 1 is 1.08 bits per heavy atom. The van der Waals surface area contributed by atoms with Crippen LogP contribution in [0.4, 0.5) is 11.5 Å². The first-order valence-electron chi connectivity index (χ1n) is 14.6. The molecule has 1 aromatic carbocycles. The zero-order chi connectivity index (χ0) is 27.0. The third-order valence-electron chi connectivity index (χ3n) is 8.51. The maximum atomic E-state index is 6.75. The van der Waals surface area contributed by atoms with Crippen molar-refractivity contribution >= 4 is 23.1 Å². The first-order chi connectivity index (χ1) is 18.5. The monoisotopic (exact) mass is 536 g/mol. The molecule has 1 saturated carbocycles. The van der Waals surface area contributed by atoms with Crippen LogP contribution < -0.4 is 10.6 Å². The van der Waals surface area contributed by atoms with Gasteiger partial charge in [0.05, 0.1) is 10.4 Å². The van der Waals surface area contributed by atoms with Gasteiger partial charge in [-0.3, -0.25) is 0 Å². The van der Waals surface area contributed by atoms with E-state index < -0.39 is 0 Å². The van der Waals surface area contributed by atoms with E-state index in [1.54, 1.807) is 6.20 Å². The molecule has 1 aromatic heterocycles. The van der Waals surface area contributed by atoms with Gasteiger partial charge in [0, 0.05) is 49.3 Å². The zero-order valence-electron chi connectivity index (χ0n) is 23.7. The van der Waals surface area contributed by atoms with Crippen molar-refractivity contribution in [2.24, 2.45) is 5.41 Å². The molecule has 2 aromatic rings. The van der Waals surface area contributed by atoms with Crippen LogP contribution in [0.15, 0.2) is 30.5 Å². The van der Waals surface area contributed by atoms with Gasteiger partial charge in [-0.2, -0.15) is 0 Å². The molecule has 5 nitrogen and oxygen atoms in total. The van der Waals surface area contributed by atoms with E-state index in [9.17, 15) is 0 Å². The highest BCUT2D eigenvalue weighted by Crippen LogP contribution is 2.37. The van der Waals surface area contributed by atoms with E-state index in [0.717, 1.165) is 69.2 Å². The summed E-state index contributed by atoms with van der Waals surface area (Å²) in [6.45, 7) is 13.3. The summed E-state index contributed by atoms with van der Waals surface area (Å²) in [6, 6.07) is 9.79. The fraction of sp³-hybridized carbons (Fsp3) is 0.594. The van der Waals surface area contributed by atoms with Crippen molar-refractivity contribution in [3.8, 4) is 23.0 Å². The number of rotatable bonds is 10. The van der Waals surface area contributed by atoms with Crippen LogP contribution in [-0.4, -0.2) is 54.8 Å². The van der Waals surface area contributed by atoms with Gasteiger partial charge in [-0.15, -0.1) is 5.92 Å². The van der Waals surface area contributed by atoms with Crippen LogP contribution in [-0.2, 0) is 11.2 Å². The highest BCUT2D eigenvalue weighted by Gasteiger charge is 2.31. The quantitative estimate of drug-likeness (QED) is 0.313. The Hall–Kier alpha value is -2.26. The lowest BCUT2D eigenvalue weighted by molar-refractivity contribution is 0.0464. The van der Waals surface area contributed by atoms with E-state index in [1.807, 2.05) is 6.92 Å². The van der Waals surface area contributed by atoms with Gasteiger partial charge in [0.2, 0.25) is 0 Å². The summed E-state index contributed by atoms with van der Waals surface area (Å²) in [5, 5.41) is 8.16. The van der Waals surface area contributed by atoms with Crippen LogP contribution in [0.1, 0.15) is 71.8 Å². The maximum Gasteiger partial charge on any atom is 0.126 e. The lowest BCUT2D eigenvalue weighted by atomic mass is 9.80. The summed E-state index contributed by atoms with van der Waals surface area (Å²) in [5.74, 6) is 7.56. The molecule has 1 saturated heterocycles. The molecule has 4 rings (SSSR count). The lowest BCUT2D eigenvalue weighted by Gasteiger charge is -2.36. The number of aromatic nitrogens is 1. The highest BCUT2D eigenvalue weighted by atomic mass is 35.5. The zero-order valence-corrected chi connectivity index (χ0v) is 24.5. The third-order valence-corrected chi connectivity index (χ3v) is 8.81. The SMILES string of the molecule is CC#CC1(CNc2cccc(-c3cc(NC4CCC(N(CC)CC)CC4)ncc3Cl)c2CC)CCOCC1. The molecule has 2 aliphatic rings. The van der Waals surface area contributed by atoms with Crippen LogP contribution in [0, 0.1) is 17.3 Å². The second-order valence-electron chi connectivity index (χ2n) is 10.7. The minimum absolute atomic E-state index is 0.0380. The van der Waals surface area contributed by atoms with Gasteiger partial charge in [0.15, 0.2) is 0 Å². The fourth-order valence-electron chi connectivity index (χ4n) is 6.28. The van der Waals surface area contributed by atoms with E-state index in [4.69, 9.17) is 16.3 Å². The van der Waals surface area contributed by atoms with E-state index in [-0.39, 0.29) is 5.41 Å². The normalized spacial score (nSPS) is 21.0. The molecule has 38 heavy (non-hydrogen) atoms. The molecule has 0 radical (unpaired) electrons. The highest BCUT2D eigenvalue weighted by molar-refractivity contribution is 6.33. The first-order valence-corrected chi connectivity index (χ1v) is 14.9. The standard InChI is InChI=1S/C32H45ClN4O/c1-5-16-32(17-19-38-20-18-32)23-35-30-11-9-10-27(26(30)6-2)28-21-31(34-22-29(28)33)36-24-12-14-25(15-13-24)37(7-3)8-4/h9-11,21-22,24-25,35H,6-8,12-15,17-20,23H2,1-4H3,(H,34,36). The maximum absolute atomic E-state index is 6.75. The van der Waals surface area contributed by atoms with Gasteiger partial charge in [-0.1, -0.05) is 50.4 Å². The van der Waals surface area contributed by atoms with Gasteiger partial charge in [0.1, 0.15) is 5.82 Å². The van der Waals surface area contributed by atoms with Gasteiger partial charge >= 0.3 is 0 Å². The van der Waals surface area contributed by atoms with Crippen LogP contribution in [0.2, 0.25) is 5.02 Å². The molecule has 1 aliphatic carbocycles. The Morgan fingerprint density at radius 3 is 2.47 bits per heavy atom. The molecule has 0 amide bonds. The van der Waals surface area contributed by atoms with Crippen LogP contribution >= 0.6 is 11.6 Å². The van der Waals surface area contributed by atoms with Crippen molar-refractivity contribution in [2.45, 2.75) is 84.7 Å². The van der Waals surface area contributed by atoms with E-state index >= 15 is 0 Å². The smallest absolute Gasteiger partial charge is 0.126 e. The second-order valence-corrected chi connectivity index (χ2v) is 11.1. The largest absolute Gasteiger partial charge is 0.383 e. The molecule has 206 valence electrons. The number of ether oxygens (including phenoxy) is 1. The number of hydrogen-bond acceptors (Lipinski definition) is 5. The van der Waals surface area contributed by atoms with Gasteiger partial charge in [-0.25, -0.2) is 4.98 Å². The molecule has 6 heteroatoms. The average Bonchev–Trinajstić information content (AvgIpc) is 2.95. The van der Waals surface area contributed by atoms with Crippen molar-refractivity contribution in [1.82, 2.24) is 9.88 Å². The summed E-state index contributed by atoms with van der Waals surface area (Å²) in [7, 11) is 0. The summed E-state index contributed by atoms with van der Waals surface area (Å²) < 4.78 is 5.63. The first kappa shape index (κ1) is 28.7. The molecule has 0 unspecified atom stereocenters. The number of nitrogens with one attached hydrogen (secondary N) is 2. The number of halogens is 1. The molecule has 0 bridgehead atoms. The average molecular weight is 537 g/mol. The minimum atomic E-state index is -0.0380. The molecule has 0 atom stereocenters. The van der Waals surface area contributed by atoms with Crippen molar-refractivity contribution in [3.63, 3.8) is 0 Å². The van der Waals surface area contributed by atoms with Crippen LogP contribution in [0.5, 0.6) is 0 Å². The number of nitrogens with zero attached hydrogens (tertiary/aromatic N) is 2. The Balaban J connectivity index is 1.50. The number of pyridine rings is 1. The molecule has 0 spiro atoms. The van der Waals surface area contributed by atoms with E-state index in [2.05, 4.69) is 77.4 Å². The lowest BCUT2D eigenvalue weighted by Crippen LogP contribution is -2.40. The molecule has 2 heterocycles. The number of hydrogen-bond donors (Lipinski definition) is 2. The predicted molar refractivity (Wildman–Crippen MR) is 161 cm³/mol. The molecular weight excluding hydrogens is 492 g/mol. The van der Waals surface area contributed by atoms with Crippen LogP contribution in [0.25, 0.3) is 11.1 Å².